The molecule has 0 saturated carbocycles. The second-order valence-electron chi connectivity index (χ2n) is 7.18. The lowest BCUT2D eigenvalue weighted by atomic mass is 10.0. The largest absolute Gasteiger partial charge is 0.309 e. The van der Waals surface area contributed by atoms with Gasteiger partial charge in [-0.05, 0) is 40.4 Å². The van der Waals surface area contributed by atoms with Gasteiger partial charge in [-0.15, -0.1) is 0 Å². The second kappa shape index (κ2) is 5.95. The van der Waals surface area contributed by atoms with E-state index in [0.29, 0.717) is 0 Å². The van der Waals surface area contributed by atoms with Crippen molar-refractivity contribution in [3.05, 3.63) is 102 Å². The molecule has 0 bridgehead atoms. The molecule has 0 unspecified atom stereocenters. The summed E-state index contributed by atoms with van der Waals surface area (Å²) in [5.74, 6) is 0. The summed E-state index contributed by atoms with van der Waals surface area (Å²) in [7, 11) is 0. The van der Waals surface area contributed by atoms with Gasteiger partial charge in [0.25, 0.3) is 0 Å². The topological polar surface area (TPSA) is 4.93 Å². The van der Waals surface area contributed by atoms with E-state index < -0.39 is 0 Å². The molecule has 0 N–H and O–H groups in total. The predicted molar refractivity (Wildman–Crippen MR) is 123 cm³/mol. The zero-order chi connectivity index (χ0) is 18.7. The van der Waals surface area contributed by atoms with Crippen LogP contribution in [0.2, 0.25) is 0 Å². The maximum absolute atomic E-state index is 3.68. The highest BCUT2D eigenvalue weighted by atomic mass is 79.9. The first-order chi connectivity index (χ1) is 13.8. The van der Waals surface area contributed by atoms with Crippen molar-refractivity contribution in [1.82, 2.24) is 4.57 Å². The SMILES string of the molecule is Brc1ccc2c3c4ccccc4ccc3n(-c3cccc4ccccc34)c2c1. The Morgan fingerprint density at radius 2 is 1.25 bits per heavy atom. The molecule has 0 aliphatic carbocycles. The van der Waals surface area contributed by atoms with Crippen LogP contribution in [0.5, 0.6) is 0 Å². The van der Waals surface area contributed by atoms with Gasteiger partial charge in [0, 0.05) is 20.6 Å². The van der Waals surface area contributed by atoms with Crippen LogP contribution < -0.4 is 0 Å². The predicted octanol–water partition coefficient (Wildman–Crippen LogP) is 7.85. The highest BCUT2D eigenvalue weighted by Crippen LogP contribution is 2.39. The van der Waals surface area contributed by atoms with Crippen LogP contribution in [-0.2, 0) is 0 Å². The summed E-state index contributed by atoms with van der Waals surface area (Å²) in [5.41, 5.74) is 3.67. The smallest absolute Gasteiger partial charge is 0.0552 e. The van der Waals surface area contributed by atoms with E-state index in [1.165, 1.54) is 49.0 Å². The quantitative estimate of drug-likeness (QED) is 0.254. The van der Waals surface area contributed by atoms with E-state index in [9.17, 15) is 0 Å². The second-order valence-corrected chi connectivity index (χ2v) is 8.09. The summed E-state index contributed by atoms with van der Waals surface area (Å²) in [5, 5.41) is 7.68. The van der Waals surface area contributed by atoms with Gasteiger partial charge in [-0.25, -0.2) is 0 Å². The Bertz CT molecular complexity index is 1520. The van der Waals surface area contributed by atoms with Crippen molar-refractivity contribution in [2.45, 2.75) is 0 Å². The molecular formula is C26H16BrN. The van der Waals surface area contributed by atoms with Gasteiger partial charge in [0.1, 0.15) is 0 Å². The molecule has 0 aliphatic rings. The fourth-order valence-electron chi connectivity index (χ4n) is 4.42. The monoisotopic (exact) mass is 421 g/mol. The van der Waals surface area contributed by atoms with Gasteiger partial charge in [-0.1, -0.05) is 88.7 Å². The van der Waals surface area contributed by atoms with E-state index in [1.54, 1.807) is 0 Å². The first kappa shape index (κ1) is 15.9. The van der Waals surface area contributed by atoms with E-state index in [0.717, 1.165) is 4.47 Å². The van der Waals surface area contributed by atoms with E-state index >= 15 is 0 Å². The molecule has 0 radical (unpaired) electrons. The lowest BCUT2D eigenvalue weighted by Gasteiger charge is -2.12. The molecule has 28 heavy (non-hydrogen) atoms. The molecular weight excluding hydrogens is 406 g/mol. The number of benzene rings is 5. The summed E-state index contributed by atoms with van der Waals surface area (Å²) in [6.07, 6.45) is 0. The maximum atomic E-state index is 3.68. The van der Waals surface area contributed by atoms with Crippen LogP contribution in [0.4, 0.5) is 0 Å². The van der Waals surface area contributed by atoms with Crippen molar-refractivity contribution in [3.63, 3.8) is 0 Å². The Morgan fingerprint density at radius 3 is 2.11 bits per heavy atom. The minimum atomic E-state index is 1.09. The average Bonchev–Trinajstić information content (AvgIpc) is 3.07. The van der Waals surface area contributed by atoms with Crippen LogP contribution in [0, 0.1) is 0 Å². The molecule has 0 saturated heterocycles. The number of fused-ring (bicyclic) bond motifs is 6. The average molecular weight is 422 g/mol. The van der Waals surface area contributed by atoms with Crippen LogP contribution in [0.3, 0.4) is 0 Å². The Hall–Kier alpha value is -3.10. The Balaban J connectivity index is 1.89. The zero-order valence-corrected chi connectivity index (χ0v) is 16.6. The van der Waals surface area contributed by atoms with Crippen molar-refractivity contribution in [2.24, 2.45) is 0 Å². The maximum Gasteiger partial charge on any atom is 0.0552 e. The van der Waals surface area contributed by atoms with Gasteiger partial charge in [0.15, 0.2) is 0 Å². The third-order valence-electron chi connectivity index (χ3n) is 5.63. The molecule has 1 nitrogen and oxygen atoms in total. The summed E-state index contributed by atoms with van der Waals surface area (Å²) >= 11 is 3.68. The van der Waals surface area contributed by atoms with Crippen LogP contribution in [0.1, 0.15) is 0 Å². The van der Waals surface area contributed by atoms with Gasteiger partial charge in [-0.2, -0.15) is 0 Å². The third kappa shape index (κ3) is 2.18. The molecule has 1 heterocycles. The molecule has 0 spiro atoms. The zero-order valence-electron chi connectivity index (χ0n) is 15.1. The number of hydrogen-bond acceptors (Lipinski definition) is 0. The molecule has 0 aliphatic heterocycles. The van der Waals surface area contributed by atoms with Crippen molar-refractivity contribution < 1.29 is 0 Å². The molecule has 0 fully saturated rings. The highest BCUT2D eigenvalue weighted by molar-refractivity contribution is 9.10. The molecule has 0 amide bonds. The Morgan fingerprint density at radius 1 is 0.536 bits per heavy atom. The van der Waals surface area contributed by atoms with Crippen molar-refractivity contribution in [1.29, 1.82) is 0 Å². The van der Waals surface area contributed by atoms with Gasteiger partial charge in [0.2, 0.25) is 0 Å². The van der Waals surface area contributed by atoms with Crippen molar-refractivity contribution in [2.75, 3.05) is 0 Å². The lowest BCUT2D eigenvalue weighted by Crippen LogP contribution is -1.95. The fourth-order valence-corrected chi connectivity index (χ4v) is 4.77. The van der Waals surface area contributed by atoms with E-state index in [1.807, 2.05) is 0 Å². The minimum absolute atomic E-state index is 1.09. The van der Waals surface area contributed by atoms with E-state index in [2.05, 4.69) is 118 Å². The summed E-state index contributed by atoms with van der Waals surface area (Å²) < 4.78 is 3.50. The molecule has 0 atom stereocenters. The van der Waals surface area contributed by atoms with Crippen LogP contribution in [0.15, 0.2) is 102 Å². The Labute approximate surface area is 171 Å². The van der Waals surface area contributed by atoms with Gasteiger partial charge >= 0.3 is 0 Å². The standard InChI is InChI=1S/C26H16BrN/c27-19-13-14-22-25(16-19)28(23-11-5-8-17-6-1-3-9-20(17)23)24-15-12-18-7-2-4-10-21(18)26(22)24/h1-16H. The number of halogens is 1. The summed E-state index contributed by atoms with van der Waals surface area (Å²) in [6.45, 7) is 0. The molecule has 6 aromatic rings. The first-order valence-corrected chi connectivity index (χ1v) is 10.2. The number of nitrogens with zero attached hydrogens (tertiary/aromatic N) is 1. The minimum Gasteiger partial charge on any atom is -0.309 e. The molecule has 6 rings (SSSR count). The van der Waals surface area contributed by atoms with Crippen LogP contribution >= 0.6 is 15.9 Å². The summed E-state index contributed by atoms with van der Waals surface area (Å²) in [4.78, 5) is 0. The highest BCUT2D eigenvalue weighted by Gasteiger charge is 2.16. The van der Waals surface area contributed by atoms with Crippen molar-refractivity contribution >= 4 is 59.3 Å². The van der Waals surface area contributed by atoms with Gasteiger partial charge < -0.3 is 4.57 Å². The summed E-state index contributed by atoms with van der Waals surface area (Å²) in [6, 6.07) is 34.9. The fraction of sp³-hybridized carbons (Fsp3) is 0. The molecule has 5 aromatic carbocycles. The molecule has 2 heteroatoms. The van der Waals surface area contributed by atoms with E-state index in [4.69, 9.17) is 0 Å². The van der Waals surface area contributed by atoms with E-state index in [-0.39, 0.29) is 0 Å². The molecule has 132 valence electrons. The number of aromatic nitrogens is 1. The van der Waals surface area contributed by atoms with Gasteiger partial charge in [-0.3, -0.25) is 0 Å². The van der Waals surface area contributed by atoms with Crippen molar-refractivity contribution in [3.8, 4) is 5.69 Å². The Kier molecular flexibility index (Phi) is 3.38. The van der Waals surface area contributed by atoms with Gasteiger partial charge in [0.05, 0.1) is 16.7 Å². The third-order valence-corrected chi connectivity index (χ3v) is 6.12. The van der Waals surface area contributed by atoms with Crippen LogP contribution in [0.25, 0.3) is 49.0 Å². The lowest BCUT2D eigenvalue weighted by molar-refractivity contribution is 1.20. The van der Waals surface area contributed by atoms with Crippen LogP contribution in [-0.4, -0.2) is 4.57 Å². The number of rotatable bonds is 1. The number of hydrogen-bond donors (Lipinski definition) is 0. The first-order valence-electron chi connectivity index (χ1n) is 9.41. The normalized spacial score (nSPS) is 11.8. The molecule has 1 aromatic heterocycles.